The molecule has 3 heterocycles. The Morgan fingerprint density at radius 3 is 2.88 bits per heavy atom. The molecule has 4 rings (SSSR count). The highest BCUT2D eigenvalue weighted by Crippen LogP contribution is 2.34. The third-order valence-corrected chi connectivity index (χ3v) is 5.75. The van der Waals surface area contributed by atoms with Crippen molar-refractivity contribution in [3.05, 3.63) is 17.0 Å². The van der Waals surface area contributed by atoms with Crippen LogP contribution in [0.2, 0.25) is 0 Å². The molecule has 0 aromatic carbocycles. The average molecular weight is 333 g/mol. The molecule has 6 heteroatoms. The van der Waals surface area contributed by atoms with Gasteiger partial charge in [-0.15, -0.1) is 0 Å². The lowest BCUT2D eigenvalue weighted by atomic mass is 9.91. The minimum Gasteiger partial charge on any atom is -0.364 e. The number of carbonyl (C=O) groups excluding carboxylic acids is 1. The lowest BCUT2D eigenvalue weighted by Crippen LogP contribution is -2.42. The zero-order valence-corrected chi connectivity index (χ0v) is 14.6. The van der Waals surface area contributed by atoms with Crippen LogP contribution in [0.1, 0.15) is 42.7 Å². The van der Waals surface area contributed by atoms with Gasteiger partial charge >= 0.3 is 0 Å². The van der Waals surface area contributed by atoms with Crippen molar-refractivity contribution < 1.29 is 14.1 Å². The predicted molar refractivity (Wildman–Crippen MR) is 88.4 cm³/mol. The van der Waals surface area contributed by atoms with Gasteiger partial charge in [0.15, 0.2) is 0 Å². The Bertz CT molecular complexity index is 591. The molecule has 2 saturated heterocycles. The van der Waals surface area contributed by atoms with E-state index >= 15 is 0 Å². The number of amides is 1. The molecule has 0 bridgehead atoms. The van der Waals surface area contributed by atoms with E-state index in [1.807, 2.05) is 13.8 Å². The summed E-state index contributed by atoms with van der Waals surface area (Å²) in [6.07, 6.45) is 4.41. The summed E-state index contributed by atoms with van der Waals surface area (Å²) in [5.41, 5.74) is 2.16. The van der Waals surface area contributed by atoms with Gasteiger partial charge in [-0.1, -0.05) is 5.16 Å². The average Bonchev–Trinajstić information content (AvgIpc) is 3.23. The van der Waals surface area contributed by atoms with Crippen molar-refractivity contribution in [3.63, 3.8) is 0 Å². The summed E-state index contributed by atoms with van der Waals surface area (Å²) in [6.45, 7) is 7.57. The molecule has 1 amide bonds. The van der Waals surface area contributed by atoms with Crippen molar-refractivity contribution in [2.75, 3.05) is 19.6 Å². The SMILES string of the molecule is Cc1noc(C)c1CN1CC[C@@H]2C[C@@H](C(=O)NCC3CC3)O[C@H]2C1. The van der Waals surface area contributed by atoms with E-state index in [1.54, 1.807) is 0 Å². The van der Waals surface area contributed by atoms with Crippen molar-refractivity contribution in [1.82, 2.24) is 15.4 Å². The van der Waals surface area contributed by atoms with Crippen LogP contribution in [0, 0.1) is 25.7 Å². The molecule has 24 heavy (non-hydrogen) atoms. The number of nitrogens with zero attached hydrogens (tertiary/aromatic N) is 2. The highest BCUT2D eigenvalue weighted by atomic mass is 16.5. The van der Waals surface area contributed by atoms with E-state index in [0.717, 1.165) is 50.5 Å². The molecule has 3 aliphatic rings. The zero-order chi connectivity index (χ0) is 16.7. The summed E-state index contributed by atoms with van der Waals surface area (Å²) in [4.78, 5) is 14.7. The fourth-order valence-electron chi connectivity index (χ4n) is 3.94. The van der Waals surface area contributed by atoms with Crippen LogP contribution in [0.25, 0.3) is 0 Å². The summed E-state index contributed by atoms with van der Waals surface area (Å²) in [5, 5.41) is 7.10. The molecule has 1 aromatic heterocycles. The minimum absolute atomic E-state index is 0.0913. The summed E-state index contributed by atoms with van der Waals surface area (Å²) >= 11 is 0. The van der Waals surface area contributed by atoms with Crippen LogP contribution in [0.4, 0.5) is 0 Å². The number of carbonyl (C=O) groups is 1. The van der Waals surface area contributed by atoms with Crippen molar-refractivity contribution in [2.45, 2.75) is 58.3 Å². The van der Waals surface area contributed by atoms with E-state index in [4.69, 9.17) is 9.26 Å². The van der Waals surface area contributed by atoms with Gasteiger partial charge in [-0.2, -0.15) is 0 Å². The molecule has 1 aliphatic carbocycles. The number of aryl methyl sites for hydroxylation is 2. The summed E-state index contributed by atoms with van der Waals surface area (Å²) in [6, 6.07) is 0. The second-order valence-electron chi connectivity index (χ2n) is 7.67. The molecular weight excluding hydrogens is 306 g/mol. The van der Waals surface area contributed by atoms with Gasteiger partial charge < -0.3 is 14.6 Å². The maximum Gasteiger partial charge on any atom is 0.249 e. The monoisotopic (exact) mass is 333 g/mol. The van der Waals surface area contributed by atoms with Crippen LogP contribution < -0.4 is 5.32 Å². The topological polar surface area (TPSA) is 67.6 Å². The van der Waals surface area contributed by atoms with E-state index in [0.29, 0.717) is 11.8 Å². The number of aromatic nitrogens is 1. The van der Waals surface area contributed by atoms with Crippen LogP contribution in [-0.4, -0.2) is 47.8 Å². The number of nitrogens with one attached hydrogen (secondary N) is 1. The number of rotatable bonds is 5. The highest BCUT2D eigenvalue weighted by molar-refractivity contribution is 5.81. The predicted octanol–water partition coefficient (Wildman–Crippen LogP) is 1.80. The number of hydrogen-bond donors (Lipinski definition) is 1. The molecule has 132 valence electrons. The fourth-order valence-corrected chi connectivity index (χ4v) is 3.94. The Hall–Kier alpha value is -1.40. The molecule has 2 aliphatic heterocycles. The second-order valence-corrected chi connectivity index (χ2v) is 7.67. The van der Waals surface area contributed by atoms with Gasteiger partial charge in [0.2, 0.25) is 5.91 Å². The molecular formula is C18H27N3O3. The van der Waals surface area contributed by atoms with Gasteiger partial charge in [-0.3, -0.25) is 9.69 Å². The second kappa shape index (κ2) is 6.48. The largest absolute Gasteiger partial charge is 0.364 e. The Kier molecular flexibility index (Phi) is 4.35. The third kappa shape index (κ3) is 3.35. The van der Waals surface area contributed by atoms with E-state index in [9.17, 15) is 4.79 Å². The van der Waals surface area contributed by atoms with Gasteiger partial charge in [0.05, 0.1) is 11.8 Å². The van der Waals surface area contributed by atoms with Gasteiger partial charge in [0.1, 0.15) is 11.9 Å². The van der Waals surface area contributed by atoms with Crippen LogP contribution >= 0.6 is 0 Å². The quantitative estimate of drug-likeness (QED) is 0.890. The van der Waals surface area contributed by atoms with Gasteiger partial charge in [0.25, 0.3) is 0 Å². The van der Waals surface area contributed by atoms with Crippen LogP contribution in [0.5, 0.6) is 0 Å². The molecule has 0 radical (unpaired) electrons. The fraction of sp³-hybridized carbons (Fsp3) is 0.778. The van der Waals surface area contributed by atoms with E-state index in [1.165, 1.54) is 18.4 Å². The van der Waals surface area contributed by atoms with Gasteiger partial charge in [-0.25, -0.2) is 0 Å². The number of fused-ring (bicyclic) bond motifs is 1. The number of ether oxygens (including phenoxy) is 1. The van der Waals surface area contributed by atoms with Crippen molar-refractivity contribution in [1.29, 1.82) is 0 Å². The van der Waals surface area contributed by atoms with Crippen molar-refractivity contribution in [3.8, 4) is 0 Å². The first kappa shape index (κ1) is 16.1. The highest BCUT2D eigenvalue weighted by Gasteiger charge is 2.42. The molecule has 1 N–H and O–H groups in total. The van der Waals surface area contributed by atoms with Crippen molar-refractivity contribution in [2.24, 2.45) is 11.8 Å². The smallest absolute Gasteiger partial charge is 0.249 e. The Balaban J connectivity index is 1.31. The summed E-state index contributed by atoms with van der Waals surface area (Å²) < 4.78 is 11.4. The molecule has 3 atom stereocenters. The normalized spacial score (nSPS) is 30.3. The Morgan fingerprint density at radius 1 is 1.33 bits per heavy atom. The van der Waals surface area contributed by atoms with E-state index in [2.05, 4.69) is 15.4 Å². The molecule has 0 unspecified atom stereocenters. The maximum atomic E-state index is 12.3. The third-order valence-electron chi connectivity index (χ3n) is 5.75. The molecule has 3 fully saturated rings. The van der Waals surface area contributed by atoms with Gasteiger partial charge in [0, 0.05) is 25.2 Å². The van der Waals surface area contributed by atoms with E-state index < -0.39 is 0 Å². The van der Waals surface area contributed by atoms with Gasteiger partial charge in [-0.05, 0) is 57.9 Å². The molecule has 1 saturated carbocycles. The molecule has 0 spiro atoms. The zero-order valence-electron chi connectivity index (χ0n) is 14.6. The number of piperidine rings is 1. The number of likely N-dealkylation sites (tertiary alicyclic amines) is 1. The lowest BCUT2D eigenvalue weighted by Gasteiger charge is -2.33. The van der Waals surface area contributed by atoms with Crippen LogP contribution in [0.15, 0.2) is 4.52 Å². The van der Waals surface area contributed by atoms with Crippen LogP contribution in [0.3, 0.4) is 0 Å². The van der Waals surface area contributed by atoms with Crippen LogP contribution in [-0.2, 0) is 16.1 Å². The summed E-state index contributed by atoms with van der Waals surface area (Å²) in [5.74, 6) is 2.22. The minimum atomic E-state index is -0.252. The summed E-state index contributed by atoms with van der Waals surface area (Å²) in [7, 11) is 0. The Morgan fingerprint density at radius 2 is 2.17 bits per heavy atom. The maximum absolute atomic E-state index is 12.3. The molecule has 1 aromatic rings. The standard InChI is InChI=1S/C18H27N3O3/c1-11-15(12(2)24-20-11)9-21-6-5-14-7-16(23-17(14)10-21)18(22)19-8-13-3-4-13/h13-14,16-17H,3-10H2,1-2H3,(H,19,22)/t14-,16+,17+/m1/s1. The first-order valence-electron chi connectivity index (χ1n) is 9.17. The lowest BCUT2D eigenvalue weighted by molar-refractivity contribution is -0.132. The first-order chi connectivity index (χ1) is 11.6. The molecule has 6 nitrogen and oxygen atoms in total. The van der Waals surface area contributed by atoms with Crippen molar-refractivity contribution >= 4 is 5.91 Å². The number of hydrogen-bond acceptors (Lipinski definition) is 5. The Labute approximate surface area is 142 Å². The van der Waals surface area contributed by atoms with E-state index in [-0.39, 0.29) is 18.1 Å². The first-order valence-corrected chi connectivity index (χ1v) is 9.17.